The van der Waals surface area contributed by atoms with Crippen LogP contribution in [0.3, 0.4) is 0 Å². The van der Waals surface area contributed by atoms with Gasteiger partial charge in [0.2, 0.25) is 0 Å². The Hall–Kier alpha value is -2.36. The predicted molar refractivity (Wildman–Crippen MR) is 82.3 cm³/mol. The highest BCUT2D eigenvalue weighted by Gasteiger charge is 2.17. The van der Waals surface area contributed by atoms with Gasteiger partial charge in [-0.1, -0.05) is 18.2 Å². The zero-order valence-electron chi connectivity index (χ0n) is 12.1. The Kier molecular flexibility index (Phi) is 4.35. The van der Waals surface area contributed by atoms with E-state index in [0.717, 1.165) is 11.4 Å². The second-order valence-corrected chi connectivity index (χ2v) is 4.52. The van der Waals surface area contributed by atoms with Crippen LogP contribution in [0, 0.1) is 6.92 Å². The summed E-state index contributed by atoms with van der Waals surface area (Å²) in [5, 5.41) is 2.98. The fraction of sp³-hybridized carbons (Fsp3) is 0.250. The highest BCUT2D eigenvalue weighted by molar-refractivity contribution is 6.06. The van der Waals surface area contributed by atoms with Crippen molar-refractivity contribution in [3.63, 3.8) is 0 Å². The number of carbonyl (C=O) groups is 1. The minimum absolute atomic E-state index is 0.0132. The predicted octanol–water partition coefficient (Wildman–Crippen LogP) is 3.10. The maximum Gasteiger partial charge on any atom is 0.258 e. The van der Waals surface area contributed by atoms with Crippen LogP contribution in [-0.4, -0.2) is 24.5 Å². The average molecular weight is 269 g/mol. The van der Waals surface area contributed by atoms with Crippen molar-refractivity contribution in [2.75, 3.05) is 23.8 Å². The van der Waals surface area contributed by atoms with Gasteiger partial charge < -0.3 is 10.2 Å². The number of aryl methyl sites for hydroxylation is 1. The molecule has 0 bridgehead atoms. The summed E-state index contributed by atoms with van der Waals surface area (Å²) >= 11 is 0. The van der Waals surface area contributed by atoms with Crippen molar-refractivity contribution in [3.05, 3.63) is 53.7 Å². The Balaban J connectivity index is 2.36. The molecule has 0 saturated heterocycles. The zero-order chi connectivity index (χ0) is 14.5. The van der Waals surface area contributed by atoms with Gasteiger partial charge in [-0.25, -0.2) is 4.98 Å². The highest BCUT2D eigenvalue weighted by Crippen LogP contribution is 2.18. The van der Waals surface area contributed by atoms with Crippen LogP contribution in [0.4, 0.5) is 11.5 Å². The molecule has 2 rings (SSSR count). The molecule has 1 heterocycles. The van der Waals surface area contributed by atoms with Gasteiger partial charge in [0.15, 0.2) is 0 Å². The van der Waals surface area contributed by atoms with Crippen LogP contribution in [0.15, 0.2) is 42.5 Å². The van der Waals surface area contributed by atoms with E-state index in [-0.39, 0.29) is 5.91 Å². The lowest BCUT2D eigenvalue weighted by Crippen LogP contribution is -2.30. The van der Waals surface area contributed by atoms with E-state index in [0.29, 0.717) is 17.9 Å². The Morgan fingerprint density at radius 2 is 1.95 bits per heavy atom. The van der Waals surface area contributed by atoms with E-state index in [1.807, 2.05) is 50.2 Å². The first-order valence-electron chi connectivity index (χ1n) is 6.69. The molecule has 0 aliphatic heterocycles. The number of aromatic nitrogens is 1. The van der Waals surface area contributed by atoms with Gasteiger partial charge in [0.05, 0.1) is 0 Å². The number of anilines is 2. The number of nitrogens with zero attached hydrogens (tertiary/aromatic N) is 2. The molecular formula is C16H19N3O. The highest BCUT2D eigenvalue weighted by atomic mass is 16.2. The van der Waals surface area contributed by atoms with E-state index in [4.69, 9.17) is 0 Å². The molecule has 0 unspecified atom stereocenters. The molecule has 0 atom stereocenters. The number of pyridine rings is 1. The van der Waals surface area contributed by atoms with Crippen molar-refractivity contribution in [3.8, 4) is 0 Å². The fourth-order valence-corrected chi connectivity index (χ4v) is 2.13. The molecule has 0 radical (unpaired) electrons. The van der Waals surface area contributed by atoms with Crippen LogP contribution in [0.1, 0.15) is 23.0 Å². The van der Waals surface area contributed by atoms with Gasteiger partial charge in [-0.15, -0.1) is 0 Å². The van der Waals surface area contributed by atoms with Gasteiger partial charge in [0.1, 0.15) is 5.82 Å². The van der Waals surface area contributed by atoms with Crippen molar-refractivity contribution < 1.29 is 4.79 Å². The number of benzene rings is 1. The number of rotatable bonds is 4. The standard InChI is InChI=1S/C16H19N3O/c1-4-19(14-8-6-5-7-9-14)16(20)13-10-12(2)18-15(11-13)17-3/h5-11H,4H2,1-3H3,(H,17,18). The third-order valence-corrected chi connectivity index (χ3v) is 3.09. The van der Waals surface area contributed by atoms with Crippen LogP contribution < -0.4 is 10.2 Å². The number of hydrogen-bond donors (Lipinski definition) is 1. The lowest BCUT2D eigenvalue weighted by molar-refractivity contribution is 0.0988. The Morgan fingerprint density at radius 3 is 2.55 bits per heavy atom. The Labute approximate surface area is 119 Å². The van der Waals surface area contributed by atoms with Gasteiger partial charge in [0.25, 0.3) is 5.91 Å². The van der Waals surface area contributed by atoms with Crippen molar-refractivity contribution in [1.82, 2.24) is 4.98 Å². The first kappa shape index (κ1) is 14.1. The second kappa shape index (κ2) is 6.19. The maximum atomic E-state index is 12.7. The molecule has 0 aliphatic rings. The number of carbonyl (C=O) groups excluding carboxylic acids is 1. The summed E-state index contributed by atoms with van der Waals surface area (Å²) in [7, 11) is 1.80. The summed E-state index contributed by atoms with van der Waals surface area (Å²) in [4.78, 5) is 18.7. The average Bonchev–Trinajstić information content (AvgIpc) is 2.48. The quantitative estimate of drug-likeness (QED) is 0.927. The monoisotopic (exact) mass is 269 g/mol. The van der Waals surface area contributed by atoms with E-state index < -0.39 is 0 Å². The number of hydrogen-bond acceptors (Lipinski definition) is 3. The summed E-state index contributed by atoms with van der Waals surface area (Å²) in [6, 6.07) is 13.3. The van der Waals surface area contributed by atoms with E-state index >= 15 is 0 Å². The van der Waals surface area contributed by atoms with Crippen molar-refractivity contribution in [1.29, 1.82) is 0 Å². The Bertz CT molecular complexity index is 596. The van der Waals surface area contributed by atoms with Crippen molar-refractivity contribution >= 4 is 17.4 Å². The number of nitrogens with one attached hydrogen (secondary N) is 1. The molecule has 4 nitrogen and oxygen atoms in total. The molecule has 104 valence electrons. The summed E-state index contributed by atoms with van der Waals surface area (Å²) in [5.41, 5.74) is 2.37. The number of amides is 1. The third kappa shape index (κ3) is 2.96. The molecule has 1 N–H and O–H groups in total. The summed E-state index contributed by atoms with van der Waals surface area (Å²) in [6.07, 6.45) is 0. The molecule has 2 aromatic rings. The topological polar surface area (TPSA) is 45.2 Å². The van der Waals surface area contributed by atoms with Crippen LogP contribution in [0.5, 0.6) is 0 Å². The first-order chi connectivity index (χ1) is 9.65. The smallest absolute Gasteiger partial charge is 0.258 e. The molecule has 1 aromatic heterocycles. The van der Waals surface area contributed by atoms with Gasteiger partial charge in [0, 0.05) is 30.5 Å². The van der Waals surface area contributed by atoms with Crippen LogP contribution in [0.2, 0.25) is 0 Å². The normalized spacial score (nSPS) is 10.2. The SMILES string of the molecule is CCN(C(=O)c1cc(C)nc(NC)c1)c1ccccc1. The van der Waals surface area contributed by atoms with E-state index in [9.17, 15) is 4.79 Å². The van der Waals surface area contributed by atoms with Crippen LogP contribution >= 0.6 is 0 Å². The lowest BCUT2D eigenvalue weighted by Gasteiger charge is -2.21. The molecule has 0 saturated carbocycles. The van der Waals surface area contributed by atoms with Gasteiger partial charge >= 0.3 is 0 Å². The Morgan fingerprint density at radius 1 is 1.25 bits per heavy atom. The minimum Gasteiger partial charge on any atom is -0.373 e. The molecule has 20 heavy (non-hydrogen) atoms. The molecule has 0 spiro atoms. The largest absolute Gasteiger partial charge is 0.373 e. The minimum atomic E-state index is -0.0132. The van der Waals surface area contributed by atoms with Gasteiger partial charge in [-0.2, -0.15) is 0 Å². The summed E-state index contributed by atoms with van der Waals surface area (Å²) < 4.78 is 0. The van der Waals surface area contributed by atoms with Crippen LogP contribution in [0.25, 0.3) is 0 Å². The van der Waals surface area contributed by atoms with E-state index in [2.05, 4.69) is 10.3 Å². The van der Waals surface area contributed by atoms with E-state index in [1.165, 1.54) is 0 Å². The molecule has 0 fully saturated rings. The number of para-hydroxylation sites is 1. The summed E-state index contributed by atoms with van der Waals surface area (Å²) in [5.74, 6) is 0.693. The first-order valence-corrected chi connectivity index (χ1v) is 6.69. The van der Waals surface area contributed by atoms with E-state index in [1.54, 1.807) is 18.0 Å². The fourth-order valence-electron chi connectivity index (χ4n) is 2.13. The van der Waals surface area contributed by atoms with Gasteiger partial charge in [-0.05, 0) is 38.1 Å². The van der Waals surface area contributed by atoms with Crippen molar-refractivity contribution in [2.24, 2.45) is 0 Å². The molecule has 1 aromatic carbocycles. The molecule has 0 aliphatic carbocycles. The third-order valence-electron chi connectivity index (χ3n) is 3.09. The van der Waals surface area contributed by atoms with Crippen molar-refractivity contribution in [2.45, 2.75) is 13.8 Å². The summed E-state index contributed by atoms with van der Waals surface area (Å²) in [6.45, 7) is 4.48. The lowest BCUT2D eigenvalue weighted by atomic mass is 10.1. The maximum absolute atomic E-state index is 12.7. The molecule has 1 amide bonds. The van der Waals surface area contributed by atoms with Gasteiger partial charge in [-0.3, -0.25) is 4.79 Å². The molecule has 4 heteroatoms. The van der Waals surface area contributed by atoms with Crippen LogP contribution in [-0.2, 0) is 0 Å². The zero-order valence-corrected chi connectivity index (χ0v) is 12.1. The second-order valence-electron chi connectivity index (χ2n) is 4.52. The molecular weight excluding hydrogens is 250 g/mol.